The van der Waals surface area contributed by atoms with Gasteiger partial charge in [0, 0.05) is 71.0 Å². The SMILES string of the molecule is CCCCCC(=O)OCC1(COC(=O)CCCCC)Nc2cccc3ccc(C4C(O)C(c5ccc6cccc7c6c5NC(COC(=O)CCCCC)(COC(=O)CCCCC)N7)C4O)c(c23)N1. The zero-order valence-electron chi connectivity index (χ0n) is 40.4. The van der Waals surface area contributed by atoms with Crippen molar-refractivity contribution < 1.29 is 48.3 Å². The highest BCUT2D eigenvalue weighted by molar-refractivity contribution is 6.08. The fourth-order valence-electron chi connectivity index (χ4n) is 9.87. The molecule has 0 unspecified atom stereocenters. The molecular weight excluding hydrogens is 865 g/mol. The molecule has 2 aliphatic heterocycles. The highest BCUT2D eigenvalue weighted by Gasteiger charge is 2.54. The van der Waals surface area contributed by atoms with Crippen molar-refractivity contribution in [1.29, 1.82) is 0 Å². The number of rotatable bonds is 26. The Hall–Kier alpha value is -5.60. The zero-order valence-corrected chi connectivity index (χ0v) is 40.4. The summed E-state index contributed by atoms with van der Waals surface area (Å²) in [5.41, 5.74) is 1.47. The minimum Gasteiger partial charge on any atom is -0.461 e. The predicted molar refractivity (Wildman–Crippen MR) is 266 cm³/mol. The van der Waals surface area contributed by atoms with Crippen LogP contribution in [0.25, 0.3) is 21.5 Å². The van der Waals surface area contributed by atoms with E-state index in [0.717, 1.165) is 84.3 Å². The molecule has 4 aromatic rings. The quantitative estimate of drug-likeness (QED) is 0.0198. The Labute approximate surface area is 400 Å². The minimum absolute atomic E-state index is 0.158. The third-order valence-corrected chi connectivity index (χ3v) is 13.7. The number of benzene rings is 4. The van der Waals surface area contributed by atoms with Gasteiger partial charge < -0.3 is 50.4 Å². The smallest absolute Gasteiger partial charge is 0.305 e. The van der Waals surface area contributed by atoms with Crippen LogP contribution in [0.4, 0.5) is 22.7 Å². The van der Waals surface area contributed by atoms with Gasteiger partial charge in [-0.2, -0.15) is 0 Å². The van der Waals surface area contributed by atoms with Gasteiger partial charge in [-0.25, -0.2) is 0 Å². The Morgan fingerprint density at radius 3 is 1.09 bits per heavy atom. The van der Waals surface area contributed by atoms with Crippen LogP contribution in [0.3, 0.4) is 0 Å². The van der Waals surface area contributed by atoms with Crippen molar-refractivity contribution in [1.82, 2.24) is 0 Å². The van der Waals surface area contributed by atoms with E-state index in [2.05, 4.69) is 49.0 Å². The first-order chi connectivity index (χ1) is 33.0. The van der Waals surface area contributed by atoms with E-state index in [4.69, 9.17) is 18.9 Å². The standard InChI is InChI=1S/C54H72N4O10/c1-5-9-13-23-41(59)65-31-53(32-66-42(60)24-14-10-6-2)55-39-21-17-19-35-27-29-37(49(57-53)45(35)39)47-51(63)48(52(47)64)38-30-28-36-20-18-22-40-46(36)50(38)58-54(56-40,33-67-43(61)25-15-11-7-3)34-68-44(62)26-16-12-8-4/h17-22,27-30,47-48,51-52,55-58,63-64H,5-16,23-26,31-34H2,1-4H3. The minimum atomic E-state index is -1.27. The summed E-state index contributed by atoms with van der Waals surface area (Å²) in [7, 11) is 0. The second-order valence-electron chi connectivity index (χ2n) is 19.0. The fourth-order valence-corrected chi connectivity index (χ4v) is 9.87. The summed E-state index contributed by atoms with van der Waals surface area (Å²) in [5, 5.41) is 42.6. The van der Waals surface area contributed by atoms with Crippen LogP contribution in [-0.2, 0) is 38.1 Å². The number of hydrogen-bond donors (Lipinski definition) is 6. The zero-order chi connectivity index (χ0) is 48.3. The first-order valence-corrected chi connectivity index (χ1v) is 25.2. The molecule has 0 spiro atoms. The van der Waals surface area contributed by atoms with E-state index >= 15 is 0 Å². The second kappa shape index (κ2) is 23.1. The number of ether oxygens (including phenoxy) is 4. The van der Waals surface area contributed by atoms with Crippen LogP contribution in [0.2, 0.25) is 0 Å². The lowest BCUT2D eigenvalue weighted by molar-refractivity contribution is -0.150. The lowest BCUT2D eigenvalue weighted by Crippen LogP contribution is -2.58. The molecule has 0 bridgehead atoms. The van der Waals surface area contributed by atoms with Gasteiger partial charge >= 0.3 is 23.9 Å². The highest BCUT2D eigenvalue weighted by atomic mass is 16.6. The molecule has 2 heterocycles. The van der Waals surface area contributed by atoms with Crippen molar-refractivity contribution in [3.05, 3.63) is 71.8 Å². The van der Waals surface area contributed by atoms with Gasteiger partial charge in [-0.3, -0.25) is 19.2 Å². The summed E-state index contributed by atoms with van der Waals surface area (Å²) < 4.78 is 23.6. The Bertz CT molecular complexity index is 2180. The molecule has 7 rings (SSSR count). The number of unbranched alkanes of at least 4 members (excludes halogenated alkanes) is 8. The second-order valence-corrected chi connectivity index (χ2v) is 19.0. The van der Waals surface area contributed by atoms with Gasteiger partial charge in [0.1, 0.15) is 26.4 Å². The van der Waals surface area contributed by atoms with Crippen LogP contribution in [0.5, 0.6) is 0 Å². The Balaban J connectivity index is 1.20. The van der Waals surface area contributed by atoms with Crippen LogP contribution in [-0.4, -0.2) is 84.1 Å². The van der Waals surface area contributed by atoms with E-state index in [0.29, 0.717) is 48.2 Å². The predicted octanol–water partition coefficient (Wildman–Crippen LogP) is 10.2. The molecule has 4 aromatic carbocycles. The van der Waals surface area contributed by atoms with E-state index < -0.39 is 35.4 Å². The molecule has 0 saturated heterocycles. The van der Waals surface area contributed by atoms with E-state index in [1.807, 2.05) is 60.7 Å². The maximum atomic E-state index is 13.1. The number of anilines is 4. The lowest BCUT2D eigenvalue weighted by Gasteiger charge is -2.50. The summed E-state index contributed by atoms with van der Waals surface area (Å²) >= 11 is 0. The van der Waals surface area contributed by atoms with Crippen molar-refractivity contribution in [2.24, 2.45) is 0 Å². The Morgan fingerprint density at radius 1 is 0.456 bits per heavy atom. The monoisotopic (exact) mass is 937 g/mol. The van der Waals surface area contributed by atoms with Crippen molar-refractivity contribution in [2.45, 2.75) is 166 Å². The molecule has 0 radical (unpaired) electrons. The van der Waals surface area contributed by atoms with Crippen molar-refractivity contribution in [3.8, 4) is 0 Å². The Morgan fingerprint density at radius 2 is 0.779 bits per heavy atom. The maximum Gasteiger partial charge on any atom is 0.305 e. The van der Waals surface area contributed by atoms with Crippen molar-refractivity contribution in [3.63, 3.8) is 0 Å². The van der Waals surface area contributed by atoms with E-state index in [1.54, 1.807) is 0 Å². The van der Waals surface area contributed by atoms with Gasteiger partial charge in [-0.15, -0.1) is 0 Å². The Kier molecular flexibility index (Phi) is 17.1. The van der Waals surface area contributed by atoms with Crippen LogP contribution >= 0.6 is 0 Å². The molecule has 6 N–H and O–H groups in total. The molecule has 1 saturated carbocycles. The summed E-state index contributed by atoms with van der Waals surface area (Å²) in [6, 6.07) is 19.4. The van der Waals surface area contributed by atoms with Gasteiger partial charge in [-0.05, 0) is 59.7 Å². The number of esters is 4. The van der Waals surface area contributed by atoms with Gasteiger partial charge in [0.15, 0.2) is 11.3 Å². The fraction of sp³-hybridized carbons (Fsp3) is 0.556. The van der Waals surface area contributed by atoms with Gasteiger partial charge in [0.2, 0.25) is 0 Å². The molecule has 368 valence electrons. The van der Waals surface area contributed by atoms with Crippen LogP contribution < -0.4 is 21.3 Å². The van der Waals surface area contributed by atoms with Gasteiger partial charge in [0.05, 0.1) is 12.2 Å². The average molecular weight is 937 g/mol. The average Bonchev–Trinajstić information content (AvgIpc) is 3.33. The van der Waals surface area contributed by atoms with Crippen LogP contribution in [0.15, 0.2) is 60.7 Å². The molecule has 1 aliphatic carbocycles. The van der Waals surface area contributed by atoms with Crippen molar-refractivity contribution in [2.75, 3.05) is 47.7 Å². The molecule has 14 nitrogen and oxygen atoms in total. The first kappa shape index (κ1) is 50.3. The molecular formula is C54H72N4O10. The molecule has 0 aromatic heterocycles. The summed E-state index contributed by atoms with van der Waals surface area (Å²) in [5.74, 6) is -2.95. The summed E-state index contributed by atoms with van der Waals surface area (Å²) in [6.07, 6.45) is 9.14. The molecule has 14 heteroatoms. The largest absolute Gasteiger partial charge is 0.461 e. The van der Waals surface area contributed by atoms with Crippen molar-refractivity contribution >= 4 is 68.2 Å². The van der Waals surface area contributed by atoms with E-state index in [9.17, 15) is 29.4 Å². The van der Waals surface area contributed by atoms with Gasteiger partial charge in [-0.1, -0.05) is 128 Å². The number of aliphatic hydroxyl groups excluding tert-OH is 2. The topological polar surface area (TPSA) is 194 Å². The molecule has 0 atom stereocenters. The van der Waals surface area contributed by atoms with E-state index in [1.165, 1.54) is 0 Å². The third kappa shape index (κ3) is 11.5. The number of carbonyl (C=O) groups excluding carboxylic acids is 4. The molecule has 1 fully saturated rings. The van der Waals surface area contributed by atoms with E-state index in [-0.39, 0.29) is 76.0 Å². The first-order valence-electron chi connectivity index (χ1n) is 25.2. The number of hydrogen-bond acceptors (Lipinski definition) is 14. The normalized spacial score (nSPS) is 19.4. The maximum absolute atomic E-state index is 13.1. The highest BCUT2D eigenvalue weighted by Crippen LogP contribution is 2.55. The number of carbonyl (C=O) groups is 4. The van der Waals surface area contributed by atoms with Crippen LogP contribution in [0.1, 0.15) is 153 Å². The molecule has 3 aliphatic rings. The number of aliphatic hydroxyl groups is 2. The molecule has 0 amide bonds. The lowest BCUT2D eigenvalue weighted by atomic mass is 9.62. The summed E-state index contributed by atoms with van der Waals surface area (Å²) in [4.78, 5) is 52.3. The summed E-state index contributed by atoms with van der Waals surface area (Å²) in [6.45, 7) is 7.65. The number of nitrogens with one attached hydrogen (secondary N) is 4. The van der Waals surface area contributed by atoms with Gasteiger partial charge in [0.25, 0.3) is 0 Å². The molecule has 68 heavy (non-hydrogen) atoms. The third-order valence-electron chi connectivity index (χ3n) is 13.7. The van der Waals surface area contributed by atoms with Crippen LogP contribution in [0, 0.1) is 0 Å².